The summed E-state index contributed by atoms with van der Waals surface area (Å²) in [7, 11) is 0. The van der Waals surface area contributed by atoms with Crippen LogP contribution in [0.2, 0.25) is 0 Å². The predicted molar refractivity (Wildman–Crippen MR) is 99.0 cm³/mol. The number of ether oxygens (including phenoxy) is 1. The highest BCUT2D eigenvalue weighted by Gasteiger charge is 2.24. The van der Waals surface area contributed by atoms with Gasteiger partial charge in [-0.05, 0) is 27.7 Å². The molecule has 1 heterocycles. The normalized spacial score (nSPS) is 11.7. The van der Waals surface area contributed by atoms with Gasteiger partial charge in [-0.3, -0.25) is 10.1 Å². The van der Waals surface area contributed by atoms with Gasteiger partial charge in [-0.2, -0.15) is 0 Å². The second kappa shape index (κ2) is 8.57. The van der Waals surface area contributed by atoms with Crippen molar-refractivity contribution in [3.63, 3.8) is 0 Å². The van der Waals surface area contributed by atoms with Crippen LogP contribution in [0.1, 0.15) is 36.1 Å². The van der Waals surface area contributed by atoms with Gasteiger partial charge in [-0.25, -0.2) is 14.6 Å². The summed E-state index contributed by atoms with van der Waals surface area (Å²) in [6.07, 6.45) is -1.11. The number of amides is 3. The minimum atomic E-state index is -1.11. The lowest BCUT2D eigenvalue weighted by molar-refractivity contribution is -0.127. The van der Waals surface area contributed by atoms with E-state index in [2.05, 4.69) is 15.6 Å². The molecule has 1 atom stereocenters. The molecule has 1 aromatic carbocycles. The fraction of sp³-hybridized carbons (Fsp3) is 0.333. The van der Waals surface area contributed by atoms with Crippen LogP contribution in [0.5, 0.6) is 0 Å². The summed E-state index contributed by atoms with van der Waals surface area (Å²) in [4.78, 5) is 40.6. The molecule has 0 unspecified atom stereocenters. The molecule has 0 saturated heterocycles. The summed E-state index contributed by atoms with van der Waals surface area (Å²) in [6.45, 7) is 6.65. The number of esters is 1. The number of benzene rings is 1. The van der Waals surface area contributed by atoms with E-state index in [1.165, 1.54) is 18.3 Å². The summed E-state index contributed by atoms with van der Waals surface area (Å²) in [5.74, 6) is -1.34. The van der Waals surface area contributed by atoms with Crippen LogP contribution in [-0.4, -0.2) is 35.0 Å². The van der Waals surface area contributed by atoms with Crippen LogP contribution in [0.25, 0.3) is 10.6 Å². The van der Waals surface area contributed by atoms with Gasteiger partial charge >= 0.3 is 12.0 Å². The molecule has 0 saturated carbocycles. The first kappa shape index (κ1) is 19.6. The first-order valence-electron chi connectivity index (χ1n) is 8.13. The molecular formula is C18H21N3O4S. The van der Waals surface area contributed by atoms with Gasteiger partial charge in [0.1, 0.15) is 9.88 Å². The molecule has 26 heavy (non-hydrogen) atoms. The molecule has 2 aromatic rings. The Balaban J connectivity index is 2.02. The van der Waals surface area contributed by atoms with Crippen LogP contribution < -0.4 is 10.6 Å². The molecule has 0 bridgehead atoms. The summed E-state index contributed by atoms with van der Waals surface area (Å²) < 4.78 is 5.17. The quantitative estimate of drug-likeness (QED) is 0.783. The second-order valence-corrected chi connectivity index (χ2v) is 6.96. The first-order valence-corrected chi connectivity index (χ1v) is 8.94. The maximum Gasteiger partial charge on any atom is 0.351 e. The number of carbonyl (C=O) groups is 3. The molecule has 0 aliphatic carbocycles. The lowest BCUT2D eigenvalue weighted by Gasteiger charge is -2.14. The summed E-state index contributed by atoms with van der Waals surface area (Å²) in [5, 5.41) is 5.36. The Kier molecular flexibility index (Phi) is 6.46. The van der Waals surface area contributed by atoms with E-state index in [4.69, 9.17) is 4.74 Å². The van der Waals surface area contributed by atoms with Gasteiger partial charge in [0.15, 0.2) is 6.10 Å². The van der Waals surface area contributed by atoms with Crippen LogP contribution in [0.15, 0.2) is 30.3 Å². The molecule has 0 radical (unpaired) electrons. The molecule has 2 rings (SSSR count). The van der Waals surface area contributed by atoms with E-state index < -0.39 is 24.0 Å². The Morgan fingerprint density at radius 3 is 2.38 bits per heavy atom. The van der Waals surface area contributed by atoms with Crippen molar-refractivity contribution in [3.05, 3.63) is 40.9 Å². The Morgan fingerprint density at radius 1 is 1.12 bits per heavy atom. The third kappa shape index (κ3) is 5.13. The molecular weight excluding hydrogens is 354 g/mol. The minimum absolute atomic E-state index is 0.114. The number of nitrogens with zero attached hydrogens (tertiary/aromatic N) is 1. The third-order valence-electron chi connectivity index (χ3n) is 3.31. The van der Waals surface area contributed by atoms with E-state index in [9.17, 15) is 14.4 Å². The smallest absolute Gasteiger partial charge is 0.351 e. The van der Waals surface area contributed by atoms with Gasteiger partial charge in [0, 0.05) is 11.6 Å². The Hall–Kier alpha value is -2.74. The Morgan fingerprint density at radius 2 is 1.77 bits per heavy atom. The zero-order chi connectivity index (χ0) is 19.3. The van der Waals surface area contributed by atoms with Crippen LogP contribution >= 0.6 is 11.3 Å². The number of aryl methyl sites for hydroxylation is 1. The second-order valence-electron chi connectivity index (χ2n) is 5.96. The molecule has 1 aromatic heterocycles. The van der Waals surface area contributed by atoms with Crippen molar-refractivity contribution in [2.24, 2.45) is 0 Å². The fourth-order valence-corrected chi connectivity index (χ4v) is 3.02. The van der Waals surface area contributed by atoms with Gasteiger partial charge in [0.25, 0.3) is 5.91 Å². The number of hydrogen-bond acceptors (Lipinski definition) is 6. The van der Waals surface area contributed by atoms with Crippen molar-refractivity contribution in [1.29, 1.82) is 0 Å². The minimum Gasteiger partial charge on any atom is -0.448 e. The van der Waals surface area contributed by atoms with Crippen molar-refractivity contribution in [3.8, 4) is 10.6 Å². The predicted octanol–water partition coefficient (Wildman–Crippen LogP) is 2.90. The standard InChI is InChI=1S/C18H21N3O4S/c1-10(2)19-18(24)21-15(22)12(4)25-17(23)14-11(3)20-16(26-14)13-8-6-5-7-9-13/h5-10,12H,1-4H3,(H2,19,21,22,24)/t12-/m0/s1. The van der Waals surface area contributed by atoms with Gasteiger partial charge < -0.3 is 10.1 Å². The van der Waals surface area contributed by atoms with Crippen molar-refractivity contribution in [1.82, 2.24) is 15.6 Å². The van der Waals surface area contributed by atoms with Gasteiger partial charge in [0.2, 0.25) is 0 Å². The number of carbonyl (C=O) groups excluding carboxylic acids is 3. The third-order valence-corrected chi connectivity index (χ3v) is 4.50. The molecule has 2 N–H and O–H groups in total. The van der Waals surface area contributed by atoms with Crippen molar-refractivity contribution < 1.29 is 19.1 Å². The SMILES string of the molecule is Cc1nc(-c2ccccc2)sc1C(=O)O[C@@H](C)C(=O)NC(=O)NC(C)C. The Bertz CT molecular complexity index is 802. The van der Waals surface area contributed by atoms with E-state index in [1.807, 2.05) is 30.3 Å². The van der Waals surface area contributed by atoms with E-state index in [0.717, 1.165) is 5.56 Å². The summed E-state index contributed by atoms with van der Waals surface area (Å²) >= 11 is 1.20. The van der Waals surface area contributed by atoms with E-state index in [-0.39, 0.29) is 6.04 Å². The fourth-order valence-electron chi connectivity index (χ4n) is 2.07. The molecule has 3 amide bonds. The number of imide groups is 1. The maximum atomic E-state index is 12.4. The van der Waals surface area contributed by atoms with Crippen LogP contribution in [-0.2, 0) is 9.53 Å². The number of urea groups is 1. The lowest BCUT2D eigenvalue weighted by Crippen LogP contribution is -2.46. The molecule has 8 heteroatoms. The number of thiazole rings is 1. The summed E-state index contributed by atoms with van der Waals surface area (Å²) in [6, 6.07) is 8.73. The molecule has 0 spiro atoms. The number of rotatable bonds is 5. The van der Waals surface area contributed by atoms with Crippen molar-refractivity contribution in [2.45, 2.75) is 39.8 Å². The van der Waals surface area contributed by atoms with E-state index >= 15 is 0 Å². The zero-order valence-electron chi connectivity index (χ0n) is 15.0. The monoisotopic (exact) mass is 375 g/mol. The van der Waals surface area contributed by atoms with Crippen LogP contribution in [0.3, 0.4) is 0 Å². The number of aromatic nitrogens is 1. The number of nitrogens with one attached hydrogen (secondary N) is 2. The van der Waals surface area contributed by atoms with Gasteiger partial charge in [-0.1, -0.05) is 30.3 Å². The van der Waals surface area contributed by atoms with Gasteiger partial charge in [-0.15, -0.1) is 11.3 Å². The molecule has 0 aliphatic rings. The molecule has 0 aliphatic heterocycles. The van der Waals surface area contributed by atoms with Crippen molar-refractivity contribution >= 4 is 29.2 Å². The largest absolute Gasteiger partial charge is 0.448 e. The first-order chi connectivity index (χ1) is 12.3. The maximum absolute atomic E-state index is 12.4. The van der Waals surface area contributed by atoms with Crippen LogP contribution in [0, 0.1) is 6.92 Å². The molecule has 7 nitrogen and oxygen atoms in total. The highest BCUT2D eigenvalue weighted by atomic mass is 32.1. The van der Waals surface area contributed by atoms with Crippen molar-refractivity contribution in [2.75, 3.05) is 0 Å². The average Bonchev–Trinajstić information content (AvgIpc) is 2.96. The highest BCUT2D eigenvalue weighted by Crippen LogP contribution is 2.28. The zero-order valence-corrected chi connectivity index (χ0v) is 15.8. The highest BCUT2D eigenvalue weighted by molar-refractivity contribution is 7.17. The topological polar surface area (TPSA) is 97.4 Å². The number of hydrogen-bond donors (Lipinski definition) is 2. The lowest BCUT2D eigenvalue weighted by atomic mass is 10.2. The van der Waals surface area contributed by atoms with E-state index in [0.29, 0.717) is 15.6 Å². The average molecular weight is 375 g/mol. The van der Waals surface area contributed by atoms with Gasteiger partial charge in [0.05, 0.1) is 5.69 Å². The molecule has 138 valence electrons. The van der Waals surface area contributed by atoms with E-state index in [1.54, 1.807) is 20.8 Å². The van der Waals surface area contributed by atoms with Crippen LogP contribution in [0.4, 0.5) is 4.79 Å². The summed E-state index contributed by atoms with van der Waals surface area (Å²) in [5.41, 5.74) is 1.43. The molecule has 0 fully saturated rings. The Labute approximate surface area is 155 Å².